The van der Waals surface area contributed by atoms with Crippen LogP contribution in [0.2, 0.25) is 0 Å². The Labute approximate surface area is 206 Å². The minimum Gasteiger partial charge on any atom is -0.444 e. The molecular weight excluding hydrogens is 444 g/mol. The summed E-state index contributed by atoms with van der Waals surface area (Å²) in [6, 6.07) is 12.4. The van der Waals surface area contributed by atoms with Crippen molar-refractivity contribution < 1.29 is 19.0 Å². The second kappa shape index (κ2) is 9.95. The van der Waals surface area contributed by atoms with Crippen molar-refractivity contribution in [3.63, 3.8) is 0 Å². The average Bonchev–Trinajstić information content (AvgIpc) is 3.27. The summed E-state index contributed by atoms with van der Waals surface area (Å²) >= 11 is 0. The van der Waals surface area contributed by atoms with Gasteiger partial charge in [0.1, 0.15) is 17.4 Å². The Morgan fingerprint density at radius 3 is 2.63 bits per heavy atom. The molecular formula is C27H34N4O4. The SMILES string of the molecule is CC(C)(C)OC(=O)N1CCC(Cc2cccc(-n3cnc4ccc(C5OCCCO5)nc43)c2)CC1. The van der Waals surface area contributed by atoms with Crippen LogP contribution in [0.5, 0.6) is 0 Å². The topological polar surface area (TPSA) is 78.7 Å². The van der Waals surface area contributed by atoms with Gasteiger partial charge in [-0.05, 0) is 82.2 Å². The number of hydrogen-bond acceptors (Lipinski definition) is 6. The number of benzene rings is 1. The van der Waals surface area contributed by atoms with E-state index in [1.807, 2.05) is 48.7 Å². The molecule has 2 fully saturated rings. The number of piperidine rings is 1. The molecule has 0 aliphatic carbocycles. The number of carbonyl (C=O) groups excluding carboxylic acids is 1. The Morgan fingerprint density at radius 1 is 1.11 bits per heavy atom. The van der Waals surface area contributed by atoms with Crippen LogP contribution in [0.25, 0.3) is 16.9 Å². The molecule has 1 aromatic carbocycles. The summed E-state index contributed by atoms with van der Waals surface area (Å²) in [7, 11) is 0. The molecule has 0 bridgehead atoms. The van der Waals surface area contributed by atoms with Gasteiger partial charge >= 0.3 is 6.09 Å². The van der Waals surface area contributed by atoms with Crippen molar-refractivity contribution in [3.8, 4) is 5.69 Å². The van der Waals surface area contributed by atoms with Gasteiger partial charge in [-0.1, -0.05) is 12.1 Å². The highest BCUT2D eigenvalue weighted by atomic mass is 16.7. The molecule has 35 heavy (non-hydrogen) atoms. The quantitative estimate of drug-likeness (QED) is 0.522. The smallest absolute Gasteiger partial charge is 0.410 e. The molecule has 2 aliphatic rings. The van der Waals surface area contributed by atoms with E-state index in [1.54, 1.807) is 0 Å². The fraction of sp³-hybridized carbons (Fsp3) is 0.519. The van der Waals surface area contributed by atoms with E-state index in [2.05, 4.69) is 29.2 Å². The summed E-state index contributed by atoms with van der Waals surface area (Å²) in [6.07, 6.45) is 5.03. The third kappa shape index (κ3) is 5.65. The third-order valence-corrected chi connectivity index (χ3v) is 6.46. The summed E-state index contributed by atoms with van der Waals surface area (Å²) in [5, 5.41) is 0. The molecule has 8 nitrogen and oxygen atoms in total. The lowest BCUT2D eigenvalue weighted by Crippen LogP contribution is -2.42. The van der Waals surface area contributed by atoms with E-state index >= 15 is 0 Å². The second-order valence-electron chi connectivity index (χ2n) is 10.4. The number of rotatable bonds is 4. The fourth-order valence-electron chi connectivity index (χ4n) is 4.70. The number of aromatic nitrogens is 3. The molecule has 186 valence electrons. The number of imidazole rings is 1. The van der Waals surface area contributed by atoms with E-state index in [1.165, 1.54) is 5.56 Å². The first kappa shape index (κ1) is 23.8. The van der Waals surface area contributed by atoms with Crippen LogP contribution in [0.4, 0.5) is 4.79 Å². The molecule has 0 saturated carbocycles. The van der Waals surface area contributed by atoms with Crippen molar-refractivity contribution in [2.75, 3.05) is 26.3 Å². The highest BCUT2D eigenvalue weighted by Gasteiger charge is 2.27. The largest absolute Gasteiger partial charge is 0.444 e. The predicted octanol–water partition coefficient (Wildman–Crippen LogP) is 5.05. The lowest BCUT2D eigenvalue weighted by molar-refractivity contribution is -0.184. The lowest BCUT2D eigenvalue weighted by atomic mass is 9.90. The highest BCUT2D eigenvalue weighted by molar-refractivity contribution is 5.73. The van der Waals surface area contributed by atoms with Gasteiger partial charge in [-0.15, -0.1) is 0 Å². The fourth-order valence-corrected chi connectivity index (χ4v) is 4.70. The first-order chi connectivity index (χ1) is 16.9. The lowest BCUT2D eigenvalue weighted by Gasteiger charge is -2.33. The van der Waals surface area contributed by atoms with Crippen LogP contribution in [0.3, 0.4) is 0 Å². The van der Waals surface area contributed by atoms with Gasteiger partial charge < -0.3 is 19.1 Å². The zero-order valence-corrected chi connectivity index (χ0v) is 20.8. The highest BCUT2D eigenvalue weighted by Crippen LogP contribution is 2.27. The maximum atomic E-state index is 12.4. The van der Waals surface area contributed by atoms with Crippen LogP contribution >= 0.6 is 0 Å². The minimum absolute atomic E-state index is 0.208. The van der Waals surface area contributed by atoms with Crippen LogP contribution in [0, 0.1) is 5.92 Å². The van der Waals surface area contributed by atoms with Gasteiger partial charge in [0.2, 0.25) is 6.29 Å². The molecule has 0 radical (unpaired) electrons. The summed E-state index contributed by atoms with van der Waals surface area (Å²) in [5.41, 5.74) is 4.25. The van der Waals surface area contributed by atoms with Crippen molar-refractivity contribution in [3.05, 3.63) is 54.0 Å². The van der Waals surface area contributed by atoms with Crippen molar-refractivity contribution in [2.24, 2.45) is 5.92 Å². The van der Waals surface area contributed by atoms with Gasteiger partial charge in [-0.25, -0.2) is 14.8 Å². The number of amides is 1. The standard InChI is InChI=1S/C27H34N4O4/c1-27(2,3)35-26(32)30-12-10-19(11-13-30)16-20-6-4-7-21(17-20)31-18-28-22-8-9-23(29-24(22)31)25-33-14-5-15-34-25/h4,6-9,17-19,25H,5,10-16H2,1-3H3. The van der Waals surface area contributed by atoms with E-state index in [0.717, 1.165) is 61.3 Å². The molecule has 0 N–H and O–H groups in total. The zero-order valence-electron chi connectivity index (χ0n) is 20.8. The summed E-state index contributed by atoms with van der Waals surface area (Å²) in [4.78, 5) is 23.6. The van der Waals surface area contributed by atoms with E-state index in [0.29, 0.717) is 19.1 Å². The van der Waals surface area contributed by atoms with E-state index in [4.69, 9.17) is 19.2 Å². The monoisotopic (exact) mass is 478 g/mol. The van der Waals surface area contributed by atoms with Gasteiger partial charge in [0.25, 0.3) is 0 Å². The first-order valence-electron chi connectivity index (χ1n) is 12.5. The Balaban J connectivity index is 1.27. The number of ether oxygens (including phenoxy) is 3. The van der Waals surface area contributed by atoms with Gasteiger partial charge in [0, 0.05) is 18.8 Å². The zero-order chi connectivity index (χ0) is 24.4. The molecule has 8 heteroatoms. The van der Waals surface area contributed by atoms with Gasteiger partial charge in [0.15, 0.2) is 5.65 Å². The van der Waals surface area contributed by atoms with Gasteiger partial charge in [-0.3, -0.25) is 4.57 Å². The van der Waals surface area contributed by atoms with Gasteiger partial charge in [-0.2, -0.15) is 0 Å². The molecule has 1 amide bonds. The van der Waals surface area contributed by atoms with Crippen LogP contribution in [0.15, 0.2) is 42.7 Å². The van der Waals surface area contributed by atoms with Crippen LogP contribution in [0.1, 0.15) is 57.6 Å². The Morgan fingerprint density at radius 2 is 1.89 bits per heavy atom. The van der Waals surface area contributed by atoms with Crippen LogP contribution < -0.4 is 0 Å². The third-order valence-electron chi connectivity index (χ3n) is 6.46. The van der Waals surface area contributed by atoms with E-state index in [9.17, 15) is 4.79 Å². The van der Waals surface area contributed by atoms with Crippen molar-refractivity contribution in [1.29, 1.82) is 0 Å². The van der Waals surface area contributed by atoms with Crippen molar-refractivity contribution >= 4 is 17.3 Å². The minimum atomic E-state index is -0.460. The first-order valence-corrected chi connectivity index (χ1v) is 12.5. The Kier molecular flexibility index (Phi) is 6.75. The number of fused-ring (bicyclic) bond motifs is 1. The average molecular weight is 479 g/mol. The summed E-state index contributed by atoms with van der Waals surface area (Å²) in [6.45, 7) is 8.56. The molecule has 5 rings (SSSR count). The van der Waals surface area contributed by atoms with Crippen molar-refractivity contribution in [1.82, 2.24) is 19.4 Å². The number of nitrogens with zero attached hydrogens (tertiary/aromatic N) is 4. The van der Waals surface area contributed by atoms with Gasteiger partial charge in [0.05, 0.1) is 18.9 Å². The molecule has 2 aliphatic heterocycles. The molecule has 2 saturated heterocycles. The molecule has 0 unspecified atom stereocenters. The normalized spacial score (nSPS) is 18.2. The van der Waals surface area contributed by atoms with Crippen LogP contribution in [-0.2, 0) is 20.6 Å². The van der Waals surface area contributed by atoms with Crippen LogP contribution in [-0.4, -0.2) is 57.4 Å². The molecule has 0 spiro atoms. The number of likely N-dealkylation sites (tertiary alicyclic amines) is 1. The van der Waals surface area contributed by atoms with Crippen molar-refractivity contribution in [2.45, 2.75) is 58.3 Å². The molecule has 3 aromatic rings. The maximum absolute atomic E-state index is 12.4. The maximum Gasteiger partial charge on any atom is 0.410 e. The Hall–Kier alpha value is -2.97. The molecule has 4 heterocycles. The Bertz CT molecular complexity index is 1170. The number of pyridine rings is 1. The summed E-state index contributed by atoms with van der Waals surface area (Å²) in [5.74, 6) is 0.536. The molecule has 0 atom stereocenters. The summed E-state index contributed by atoms with van der Waals surface area (Å²) < 4.78 is 19.0. The second-order valence-corrected chi connectivity index (χ2v) is 10.4. The predicted molar refractivity (Wildman–Crippen MR) is 132 cm³/mol. The molecule has 2 aromatic heterocycles. The van der Waals surface area contributed by atoms with E-state index < -0.39 is 11.9 Å². The number of carbonyl (C=O) groups is 1. The number of hydrogen-bond donors (Lipinski definition) is 0. The van der Waals surface area contributed by atoms with E-state index in [-0.39, 0.29) is 6.09 Å².